The maximum Gasteiger partial charge on any atom is 0.226 e. The minimum Gasteiger partial charge on any atom is -0.382 e. The molecule has 2 aromatic rings. The van der Waals surface area contributed by atoms with E-state index in [-0.39, 0.29) is 12.2 Å². The molecule has 1 aliphatic carbocycles. The van der Waals surface area contributed by atoms with Crippen LogP contribution in [0, 0.1) is 0 Å². The van der Waals surface area contributed by atoms with Gasteiger partial charge < -0.3 is 14.6 Å². The second kappa shape index (κ2) is 7.28. The first kappa shape index (κ1) is 16.8. The normalized spacial score (nSPS) is 30.9. The van der Waals surface area contributed by atoms with Crippen LogP contribution in [0.3, 0.4) is 0 Å². The number of benzene rings is 2. The summed E-state index contributed by atoms with van der Waals surface area (Å²) in [5.41, 5.74) is 1.71. The highest BCUT2D eigenvalue weighted by Crippen LogP contribution is 2.48. The molecule has 3 nitrogen and oxygen atoms in total. The van der Waals surface area contributed by atoms with E-state index in [0.29, 0.717) is 0 Å². The molecule has 0 aromatic heterocycles. The Morgan fingerprint density at radius 3 is 1.84 bits per heavy atom. The number of aliphatic hydroxyl groups is 1. The fourth-order valence-electron chi connectivity index (χ4n) is 4.11. The van der Waals surface area contributed by atoms with E-state index in [1.54, 1.807) is 0 Å². The number of fused-ring (bicyclic) bond motifs is 1. The van der Waals surface area contributed by atoms with Gasteiger partial charge in [-0.3, -0.25) is 0 Å². The predicted molar refractivity (Wildman–Crippen MR) is 97.0 cm³/mol. The van der Waals surface area contributed by atoms with Crippen LogP contribution in [0.15, 0.2) is 60.7 Å². The van der Waals surface area contributed by atoms with Crippen molar-refractivity contribution in [1.29, 1.82) is 0 Å². The second-order valence-corrected chi connectivity index (χ2v) is 7.15. The summed E-state index contributed by atoms with van der Waals surface area (Å²) >= 11 is 0. The first-order valence-corrected chi connectivity index (χ1v) is 9.44. The molecule has 1 N–H and O–H groups in total. The van der Waals surface area contributed by atoms with Gasteiger partial charge in [0, 0.05) is 5.56 Å². The maximum absolute atomic E-state index is 11.3. The van der Waals surface area contributed by atoms with Gasteiger partial charge in [-0.15, -0.1) is 0 Å². The zero-order chi connectivity index (χ0) is 17.1. The van der Waals surface area contributed by atoms with E-state index in [9.17, 15) is 5.11 Å². The number of hydrogen-bond acceptors (Lipinski definition) is 3. The molecule has 25 heavy (non-hydrogen) atoms. The Labute approximate surface area is 149 Å². The zero-order valence-corrected chi connectivity index (χ0v) is 14.5. The van der Waals surface area contributed by atoms with Crippen LogP contribution in [0.1, 0.15) is 55.8 Å². The molecule has 1 heterocycles. The van der Waals surface area contributed by atoms with Crippen LogP contribution in [0.25, 0.3) is 0 Å². The summed E-state index contributed by atoms with van der Waals surface area (Å²) in [7, 11) is 0. The van der Waals surface area contributed by atoms with Gasteiger partial charge in [0.2, 0.25) is 5.79 Å². The van der Waals surface area contributed by atoms with E-state index < -0.39 is 11.9 Å². The van der Waals surface area contributed by atoms with Crippen molar-refractivity contribution in [3.63, 3.8) is 0 Å². The summed E-state index contributed by atoms with van der Waals surface area (Å²) in [6, 6.07) is 19.6. The van der Waals surface area contributed by atoms with E-state index >= 15 is 0 Å². The Bertz CT molecular complexity index is 654. The lowest BCUT2D eigenvalue weighted by Crippen LogP contribution is -2.36. The van der Waals surface area contributed by atoms with E-state index in [1.165, 1.54) is 12.8 Å². The van der Waals surface area contributed by atoms with Gasteiger partial charge in [-0.05, 0) is 18.4 Å². The highest BCUT2D eigenvalue weighted by atomic mass is 16.8. The topological polar surface area (TPSA) is 38.7 Å². The fraction of sp³-hybridized carbons (Fsp3) is 0.455. The molecule has 1 saturated heterocycles. The summed E-state index contributed by atoms with van der Waals surface area (Å²) in [5.74, 6) is -1.12. The summed E-state index contributed by atoms with van der Waals surface area (Å²) < 4.78 is 13.0. The quantitative estimate of drug-likeness (QED) is 0.881. The Balaban J connectivity index is 1.73. The SMILES string of the molecule is O[C@@H](c1ccccc1)C1(c2ccccc2)O[C@H]2CCCCCC[C@H]2O1. The Morgan fingerprint density at radius 1 is 0.760 bits per heavy atom. The number of rotatable bonds is 3. The van der Waals surface area contributed by atoms with Crippen molar-refractivity contribution in [2.75, 3.05) is 0 Å². The molecular formula is C22H26O3. The van der Waals surface area contributed by atoms with Gasteiger partial charge in [-0.1, -0.05) is 86.3 Å². The average molecular weight is 338 g/mol. The molecule has 0 radical (unpaired) electrons. The molecule has 4 rings (SSSR count). The van der Waals surface area contributed by atoms with Crippen molar-refractivity contribution in [3.05, 3.63) is 71.8 Å². The van der Waals surface area contributed by atoms with Crippen LogP contribution >= 0.6 is 0 Å². The van der Waals surface area contributed by atoms with Crippen LogP contribution in [0.5, 0.6) is 0 Å². The Morgan fingerprint density at radius 2 is 1.28 bits per heavy atom. The number of ether oxygens (including phenoxy) is 2. The Kier molecular flexibility index (Phi) is 4.89. The Hall–Kier alpha value is -1.68. The molecule has 132 valence electrons. The third kappa shape index (κ3) is 3.24. The molecule has 1 aliphatic heterocycles. The highest BCUT2D eigenvalue weighted by molar-refractivity contribution is 5.28. The lowest BCUT2D eigenvalue weighted by molar-refractivity contribution is -0.247. The molecule has 4 atom stereocenters. The van der Waals surface area contributed by atoms with E-state index in [4.69, 9.17) is 9.47 Å². The van der Waals surface area contributed by atoms with Crippen molar-refractivity contribution in [1.82, 2.24) is 0 Å². The summed E-state index contributed by atoms with van der Waals surface area (Å²) in [6.45, 7) is 0. The molecule has 2 aromatic carbocycles. The first-order chi connectivity index (χ1) is 12.3. The lowest BCUT2D eigenvalue weighted by atomic mass is 9.94. The van der Waals surface area contributed by atoms with E-state index in [0.717, 1.165) is 36.8 Å². The van der Waals surface area contributed by atoms with Crippen molar-refractivity contribution in [2.45, 2.75) is 62.6 Å². The summed E-state index contributed by atoms with van der Waals surface area (Å²) in [6.07, 6.45) is 6.09. The van der Waals surface area contributed by atoms with Crippen molar-refractivity contribution >= 4 is 0 Å². The predicted octanol–water partition coefficient (Wildman–Crippen LogP) is 4.71. The molecule has 1 saturated carbocycles. The smallest absolute Gasteiger partial charge is 0.226 e. The molecule has 2 aliphatic rings. The van der Waals surface area contributed by atoms with E-state index in [2.05, 4.69) is 0 Å². The molecule has 0 bridgehead atoms. The minimum absolute atomic E-state index is 0.0545. The molecule has 1 unspecified atom stereocenters. The highest BCUT2D eigenvalue weighted by Gasteiger charge is 2.53. The van der Waals surface area contributed by atoms with E-state index in [1.807, 2.05) is 60.7 Å². The first-order valence-electron chi connectivity index (χ1n) is 9.44. The lowest BCUT2D eigenvalue weighted by Gasteiger charge is -2.34. The third-order valence-electron chi connectivity index (χ3n) is 5.45. The van der Waals surface area contributed by atoms with Crippen molar-refractivity contribution in [2.24, 2.45) is 0 Å². The molecular weight excluding hydrogens is 312 g/mol. The second-order valence-electron chi connectivity index (χ2n) is 7.15. The van der Waals surface area contributed by atoms with Gasteiger partial charge in [0.25, 0.3) is 0 Å². The largest absolute Gasteiger partial charge is 0.382 e. The summed E-state index contributed by atoms with van der Waals surface area (Å²) in [4.78, 5) is 0. The van der Waals surface area contributed by atoms with Crippen molar-refractivity contribution in [3.8, 4) is 0 Å². The standard InChI is InChI=1S/C22H26O3/c23-21(17-11-5-3-6-12-17)22(18-13-7-4-8-14-18)24-19-15-9-1-2-10-16-20(19)25-22/h3-8,11-14,19-21,23H,1-2,9-10,15-16H2/t19-,20+,21-,22?/m0/s1. The van der Waals surface area contributed by atoms with Crippen molar-refractivity contribution < 1.29 is 14.6 Å². The number of aliphatic hydroxyl groups excluding tert-OH is 1. The van der Waals surface area contributed by atoms with Gasteiger partial charge in [0.1, 0.15) is 6.10 Å². The molecule has 3 heteroatoms. The van der Waals surface area contributed by atoms with Gasteiger partial charge in [0.15, 0.2) is 0 Å². The summed E-state index contributed by atoms with van der Waals surface area (Å²) in [5, 5.41) is 11.3. The van der Waals surface area contributed by atoms with Crippen LogP contribution in [0.4, 0.5) is 0 Å². The minimum atomic E-state index is -1.12. The van der Waals surface area contributed by atoms with Crippen LogP contribution < -0.4 is 0 Å². The van der Waals surface area contributed by atoms with Gasteiger partial charge >= 0.3 is 0 Å². The van der Waals surface area contributed by atoms with Crippen LogP contribution in [-0.2, 0) is 15.3 Å². The molecule has 0 spiro atoms. The monoisotopic (exact) mass is 338 g/mol. The van der Waals surface area contributed by atoms with Crippen LogP contribution in [0.2, 0.25) is 0 Å². The zero-order valence-electron chi connectivity index (χ0n) is 14.5. The molecule has 0 amide bonds. The average Bonchev–Trinajstić information content (AvgIpc) is 3.01. The third-order valence-corrected chi connectivity index (χ3v) is 5.45. The van der Waals surface area contributed by atoms with Gasteiger partial charge in [0.05, 0.1) is 12.2 Å². The number of hydrogen-bond donors (Lipinski definition) is 1. The van der Waals surface area contributed by atoms with Gasteiger partial charge in [-0.2, -0.15) is 0 Å². The maximum atomic E-state index is 11.3. The van der Waals surface area contributed by atoms with Gasteiger partial charge in [-0.25, -0.2) is 0 Å². The fourth-order valence-corrected chi connectivity index (χ4v) is 4.11. The van der Waals surface area contributed by atoms with Crippen LogP contribution in [-0.4, -0.2) is 17.3 Å². The molecule has 2 fully saturated rings.